The van der Waals surface area contributed by atoms with E-state index in [0.29, 0.717) is 33.0 Å². The van der Waals surface area contributed by atoms with Gasteiger partial charge in [0.1, 0.15) is 28.7 Å². The Hall–Kier alpha value is -4.72. The Morgan fingerprint density at radius 1 is 1.05 bits per heavy atom. The minimum Gasteiger partial charge on any atom is -0.496 e. The fourth-order valence-electron chi connectivity index (χ4n) is 3.66. The second-order valence-electron chi connectivity index (χ2n) is 7.59. The molecule has 186 valence electrons. The zero-order valence-corrected chi connectivity index (χ0v) is 20.7. The number of aromatic nitrogens is 1. The molecule has 0 unspecified atom stereocenters. The normalized spacial score (nSPS) is 10.4. The highest BCUT2D eigenvalue weighted by molar-refractivity contribution is 7.12. The first-order valence-electron chi connectivity index (χ1n) is 10.9. The molecule has 0 saturated heterocycles. The van der Waals surface area contributed by atoms with Gasteiger partial charge >= 0.3 is 5.97 Å². The quantitative estimate of drug-likeness (QED) is 0.288. The van der Waals surface area contributed by atoms with Crippen molar-refractivity contribution in [2.24, 2.45) is 0 Å². The number of carbonyl (C=O) groups is 2. The van der Waals surface area contributed by atoms with Crippen LogP contribution in [0.15, 0.2) is 66.0 Å². The second-order valence-corrected chi connectivity index (χ2v) is 8.54. The molecule has 1 amide bonds. The molecule has 0 bridgehead atoms. The van der Waals surface area contributed by atoms with Crippen molar-refractivity contribution in [3.63, 3.8) is 0 Å². The van der Waals surface area contributed by atoms with E-state index in [-0.39, 0.29) is 29.5 Å². The van der Waals surface area contributed by atoms with E-state index in [9.17, 15) is 20.0 Å². The van der Waals surface area contributed by atoms with Crippen LogP contribution >= 0.6 is 11.3 Å². The van der Waals surface area contributed by atoms with E-state index in [1.807, 2.05) is 0 Å². The van der Waals surface area contributed by atoms with Gasteiger partial charge in [0.15, 0.2) is 12.6 Å². The number of thiophene rings is 1. The van der Waals surface area contributed by atoms with Gasteiger partial charge in [-0.3, -0.25) is 4.79 Å². The maximum absolute atomic E-state index is 12.9. The number of methoxy groups -OCH3 is 2. The Balaban J connectivity index is 1.94. The minimum atomic E-state index is -1.18. The van der Waals surface area contributed by atoms with Crippen LogP contribution in [0.4, 0.5) is 5.82 Å². The monoisotopic (exact) mass is 515 g/mol. The first kappa shape index (κ1) is 25.4. The number of carboxylic acids is 1. The number of carbonyl (C=O) groups excluding carboxylic acids is 1. The molecule has 4 aromatic rings. The Morgan fingerprint density at radius 2 is 1.86 bits per heavy atom. The van der Waals surface area contributed by atoms with Gasteiger partial charge in [-0.15, -0.1) is 11.3 Å². The van der Waals surface area contributed by atoms with Crippen molar-refractivity contribution in [1.29, 1.82) is 5.26 Å². The molecule has 0 fully saturated rings. The number of rotatable bonds is 9. The summed E-state index contributed by atoms with van der Waals surface area (Å²) in [5.74, 6) is -0.928. The summed E-state index contributed by atoms with van der Waals surface area (Å²) >= 11 is 1.25. The average Bonchev–Trinajstić information content (AvgIpc) is 3.46. The fourth-order valence-corrected chi connectivity index (χ4v) is 4.28. The van der Waals surface area contributed by atoms with Crippen molar-refractivity contribution in [3.8, 4) is 40.0 Å². The lowest BCUT2D eigenvalue weighted by Crippen LogP contribution is -2.14. The van der Waals surface area contributed by atoms with Crippen molar-refractivity contribution < 1.29 is 28.9 Å². The third-order valence-electron chi connectivity index (χ3n) is 5.34. The van der Waals surface area contributed by atoms with E-state index in [4.69, 9.17) is 14.2 Å². The van der Waals surface area contributed by atoms with Crippen molar-refractivity contribution in [2.45, 2.75) is 0 Å². The van der Waals surface area contributed by atoms with Crippen LogP contribution in [-0.4, -0.2) is 43.0 Å². The van der Waals surface area contributed by atoms with Crippen LogP contribution in [0.3, 0.4) is 0 Å². The number of anilines is 1. The molecular formula is C27H21N3O6S. The van der Waals surface area contributed by atoms with Crippen LogP contribution in [-0.2, 0) is 4.74 Å². The van der Waals surface area contributed by atoms with Crippen LogP contribution < -0.4 is 14.8 Å². The van der Waals surface area contributed by atoms with Gasteiger partial charge in [0.05, 0.1) is 17.7 Å². The molecule has 2 heterocycles. The topological polar surface area (TPSA) is 131 Å². The lowest BCUT2D eigenvalue weighted by atomic mass is 9.96. The first-order valence-corrected chi connectivity index (χ1v) is 11.8. The van der Waals surface area contributed by atoms with Crippen LogP contribution in [0.25, 0.3) is 22.4 Å². The maximum Gasteiger partial charge on any atom is 0.339 e. The summed E-state index contributed by atoms with van der Waals surface area (Å²) < 4.78 is 15.9. The molecule has 2 aromatic carbocycles. The van der Waals surface area contributed by atoms with Crippen LogP contribution in [0, 0.1) is 11.3 Å². The molecule has 0 aliphatic carbocycles. The van der Waals surface area contributed by atoms with E-state index < -0.39 is 11.9 Å². The zero-order valence-electron chi connectivity index (χ0n) is 19.8. The Bertz CT molecular complexity index is 1490. The van der Waals surface area contributed by atoms with Gasteiger partial charge in [0, 0.05) is 18.2 Å². The first-order chi connectivity index (χ1) is 18.0. The van der Waals surface area contributed by atoms with Crippen molar-refractivity contribution in [3.05, 3.63) is 82.0 Å². The highest BCUT2D eigenvalue weighted by Gasteiger charge is 2.21. The number of benzene rings is 2. The molecule has 2 N–H and O–H groups in total. The van der Waals surface area contributed by atoms with Gasteiger partial charge in [-0.25, -0.2) is 9.78 Å². The van der Waals surface area contributed by atoms with Crippen molar-refractivity contribution in [2.75, 3.05) is 26.3 Å². The molecule has 10 heteroatoms. The van der Waals surface area contributed by atoms with Crippen molar-refractivity contribution >= 4 is 29.0 Å². The molecule has 9 nitrogen and oxygen atoms in total. The van der Waals surface area contributed by atoms with E-state index in [1.165, 1.54) is 37.7 Å². The molecular weight excluding hydrogens is 494 g/mol. The third kappa shape index (κ3) is 5.43. The minimum absolute atomic E-state index is 0.00255. The van der Waals surface area contributed by atoms with Gasteiger partial charge in [-0.05, 0) is 47.3 Å². The third-order valence-corrected chi connectivity index (χ3v) is 6.21. The van der Waals surface area contributed by atoms with Crippen LogP contribution in [0.2, 0.25) is 0 Å². The number of ether oxygens (including phenoxy) is 3. The number of nitriles is 1. The number of hydrogen-bond acceptors (Lipinski definition) is 8. The lowest BCUT2D eigenvalue weighted by molar-refractivity contribution is 0.0515. The smallest absolute Gasteiger partial charge is 0.339 e. The van der Waals surface area contributed by atoms with E-state index in [2.05, 4.69) is 16.4 Å². The number of amides is 1. The van der Waals surface area contributed by atoms with E-state index in [0.717, 1.165) is 0 Å². The molecule has 0 aliphatic rings. The summed E-state index contributed by atoms with van der Waals surface area (Å²) in [6.07, 6.45) is 0. The van der Waals surface area contributed by atoms with Gasteiger partial charge in [0.2, 0.25) is 0 Å². The molecule has 0 spiro atoms. The Labute approximate surface area is 216 Å². The van der Waals surface area contributed by atoms with E-state index in [1.54, 1.807) is 53.9 Å². The largest absolute Gasteiger partial charge is 0.496 e. The van der Waals surface area contributed by atoms with Gasteiger partial charge in [-0.2, -0.15) is 5.26 Å². The Morgan fingerprint density at radius 3 is 2.54 bits per heavy atom. The van der Waals surface area contributed by atoms with Crippen molar-refractivity contribution in [1.82, 2.24) is 4.98 Å². The zero-order chi connectivity index (χ0) is 26.4. The Kier molecular flexibility index (Phi) is 7.78. The lowest BCUT2D eigenvalue weighted by Gasteiger charge is -2.16. The molecule has 0 saturated carbocycles. The highest BCUT2D eigenvalue weighted by atomic mass is 32.1. The average molecular weight is 516 g/mol. The number of hydrogen-bond donors (Lipinski definition) is 2. The van der Waals surface area contributed by atoms with E-state index >= 15 is 0 Å². The standard InChI is InChI=1S/C27H21N3O6S/c1-34-15-36-23-7-4-3-6-17(23)21-13-18(16-9-10-22(35-2)19(12-16)27(32)33)20(14-28)25(29-21)30-26(31)24-8-5-11-37-24/h3-13H,15H2,1-2H3,(H,32,33)(H,29,30,31). The molecule has 2 aromatic heterocycles. The molecule has 0 atom stereocenters. The number of aromatic carboxylic acids is 1. The van der Waals surface area contributed by atoms with Crippen LogP contribution in [0.1, 0.15) is 25.6 Å². The predicted octanol–water partition coefficient (Wildman–Crippen LogP) is 5.29. The van der Waals surface area contributed by atoms with Gasteiger partial charge in [-0.1, -0.05) is 24.3 Å². The SMILES string of the molecule is COCOc1ccccc1-c1cc(-c2ccc(OC)c(C(=O)O)c2)c(C#N)c(NC(=O)c2cccs2)n1. The maximum atomic E-state index is 12.9. The van der Waals surface area contributed by atoms with Gasteiger partial charge < -0.3 is 24.6 Å². The summed E-state index contributed by atoms with van der Waals surface area (Å²) in [6, 6.07) is 18.9. The highest BCUT2D eigenvalue weighted by Crippen LogP contribution is 2.37. The summed E-state index contributed by atoms with van der Waals surface area (Å²) in [5, 5.41) is 24.3. The molecule has 4 rings (SSSR count). The number of para-hydroxylation sites is 1. The summed E-state index contributed by atoms with van der Waals surface area (Å²) in [5.41, 5.74) is 1.79. The van der Waals surface area contributed by atoms with Crippen LogP contribution in [0.5, 0.6) is 11.5 Å². The number of carboxylic acid groups (broad SMARTS) is 1. The summed E-state index contributed by atoms with van der Waals surface area (Å²) in [7, 11) is 2.88. The molecule has 0 aliphatic heterocycles. The summed E-state index contributed by atoms with van der Waals surface area (Å²) in [4.78, 5) is 29.8. The molecule has 37 heavy (non-hydrogen) atoms. The second kappa shape index (κ2) is 11.3. The number of nitrogens with one attached hydrogen (secondary N) is 1. The molecule has 0 radical (unpaired) electrons. The summed E-state index contributed by atoms with van der Waals surface area (Å²) in [6.45, 7) is 0.00255. The number of nitrogens with zero attached hydrogens (tertiary/aromatic N) is 2. The van der Waals surface area contributed by atoms with Gasteiger partial charge in [0.25, 0.3) is 5.91 Å². The number of pyridine rings is 1. The predicted molar refractivity (Wildman–Crippen MR) is 138 cm³/mol. The fraction of sp³-hybridized carbons (Fsp3) is 0.111.